The number of benzene rings is 3. The fourth-order valence-electron chi connectivity index (χ4n) is 2.12. The van der Waals surface area contributed by atoms with Crippen molar-refractivity contribution in [3.05, 3.63) is 89.4 Å². The Morgan fingerprint density at radius 3 is 1.55 bits per heavy atom. The van der Waals surface area contributed by atoms with Crippen LogP contribution in [0.4, 0.5) is 0 Å². The molecule has 0 atom stereocenters. The van der Waals surface area contributed by atoms with E-state index in [-0.39, 0.29) is 10.9 Å². The van der Waals surface area contributed by atoms with Crippen LogP contribution < -0.4 is 0 Å². The number of hydrogen-bond donors (Lipinski definition) is 0. The molecule has 0 unspecified atom stereocenters. The smallest absolute Gasteiger partial charge is 0.0619 e. The van der Waals surface area contributed by atoms with Crippen LogP contribution in [0.15, 0.2) is 104 Å². The van der Waals surface area contributed by atoms with Crippen LogP contribution in [0.3, 0.4) is 0 Å². The Morgan fingerprint density at radius 2 is 1.05 bits per heavy atom. The van der Waals surface area contributed by atoms with Gasteiger partial charge in [-0.25, -0.2) is 0 Å². The first-order valence-electron chi connectivity index (χ1n) is 6.44. The summed E-state index contributed by atoms with van der Waals surface area (Å²) in [7, 11) is -0.0549. The van der Waals surface area contributed by atoms with E-state index in [1.54, 1.807) is 0 Å². The third-order valence-electron chi connectivity index (χ3n) is 2.99. The highest BCUT2D eigenvalue weighted by atomic mass is 79.9. The molecule has 3 aromatic rings. The van der Waals surface area contributed by atoms with Crippen molar-refractivity contribution in [3.8, 4) is 0 Å². The zero-order chi connectivity index (χ0) is 13.8. The lowest BCUT2D eigenvalue weighted by atomic mass is 10.4. The lowest BCUT2D eigenvalue weighted by Gasteiger charge is -2.07. The van der Waals surface area contributed by atoms with Crippen molar-refractivity contribution >= 4 is 26.8 Å². The Hall–Kier alpha value is -1.51. The highest BCUT2D eigenvalue weighted by Crippen LogP contribution is 2.32. The lowest BCUT2D eigenvalue weighted by Crippen LogP contribution is -2.04. The average Bonchev–Trinajstić information content (AvgIpc) is 2.50. The van der Waals surface area contributed by atoms with E-state index in [0.29, 0.717) is 0 Å². The van der Waals surface area contributed by atoms with Crippen molar-refractivity contribution in [1.82, 2.24) is 0 Å². The molecule has 3 aromatic carbocycles. The summed E-state index contributed by atoms with van der Waals surface area (Å²) in [5.74, 6) is 0. The van der Waals surface area contributed by atoms with Crippen molar-refractivity contribution in [2.24, 2.45) is 0 Å². The Kier molecular flexibility index (Phi) is 4.24. The first-order valence-corrected chi connectivity index (χ1v) is 8.46. The van der Waals surface area contributed by atoms with Gasteiger partial charge < -0.3 is 0 Å². The molecule has 0 saturated heterocycles. The van der Waals surface area contributed by atoms with E-state index in [0.717, 1.165) is 4.47 Å². The zero-order valence-electron chi connectivity index (χ0n) is 10.9. The molecule has 0 nitrogen and oxygen atoms in total. The second kappa shape index (κ2) is 6.29. The van der Waals surface area contributed by atoms with Gasteiger partial charge >= 0.3 is 0 Å². The number of hydrogen-bond acceptors (Lipinski definition) is 0. The molecule has 0 aromatic heterocycles. The van der Waals surface area contributed by atoms with E-state index >= 15 is 0 Å². The van der Waals surface area contributed by atoms with Crippen LogP contribution in [0.2, 0.25) is 0 Å². The molecule has 98 valence electrons. The first kappa shape index (κ1) is 13.5. The van der Waals surface area contributed by atoms with E-state index in [4.69, 9.17) is 0 Å². The van der Waals surface area contributed by atoms with Crippen molar-refractivity contribution in [2.45, 2.75) is 14.7 Å². The molecule has 0 N–H and O–H groups in total. The maximum atomic E-state index is 3.58. The molecule has 0 bridgehead atoms. The fourth-order valence-corrected chi connectivity index (χ4v) is 4.80. The lowest BCUT2D eigenvalue weighted by molar-refractivity contribution is 1.31. The normalized spacial score (nSPS) is 10.7. The first-order chi connectivity index (χ1) is 9.84. The molecule has 0 aliphatic heterocycles. The summed E-state index contributed by atoms with van der Waals surface area (Å²) >= 11 is 3.58. The monoisotopic (exact) mass is 341 g/mol. The van der Waals surface area contributed by atoms with Gasteiger partial charge in [-0.3, -0.25) is 0 Å². The molecule has 0 heterocycles. The van der Waals surface area contributed by atoms with Gasteiger partial charge in [-0.1, -0.05) is 58.4 Å². The Bertz CT molecular complexity index is 641. The molecular formula is C18H14BrS+. The highest BCUT2D eigenvalue weighted by Gasteiger charge is 2.28. The van der Waals surface area contributed by atoms with E-state index in [2.05, 4.69) is 101 Å². The van der Waals surface area contributed by atoms with Gasteiger partial charge in [0.15, 0.2) is 14.7 Å². The van der Waals surface area contributed by atoms with Crippen LogP contribution in [-0.2, 0) is 10.9 Å². The van der Waals surface area contributed by atoms with Gasteiger partial charge in [-0.2, -0.15) is 0 Å². The number of rotatable bonds is 3. The second-order valence-electron chi connectivity index (χ2n) is 4.39. The molecule has 0 radical (unpaired) electrons. The Balaban J connectivity index is 2.14. The SMILES string of the molecule is Brc1cccc([S+](c2ccccc2)c2ccccc2)c1. The fraction of sp³-hybridized carbons (Fsp3) is 0. The van der Waals surface area contributed by atoms with Gasteiger partial charge in [0.2, 0.25) is 0 Å². The third-order valence-corrected chi connectivity index (χ3v) is 5.70. The van der Waals surface area contributed by atoms with Gasteiger partial charge in [0, 0.05) is 10.5 Å². The molecule has 3 rings (SSSR count). The summed E-state index contributed by atoms with van der Waals surface area (Å²) in [4.78, 5) is 4.02. The topological polar surface area (TPSA) is 0 Å². The van der Waals surface area contributed by atoms with Crippen LogP contribution in [-0.4, -0.2) is 0 Å². The predicted octanol–water partition coefficient (Wildman–Crippen LogP) is 5.54. The highest BCUT2D eigenvalue weighted by molar-refractivity contribution is 9.10. The van der Waals surface area contributed by atoms with E-state index in [9.17, 15) is 0 Å². The zero-order valence-corrected chi connectivity index (χ0v) is 13.3. The van der Waals surface area contributed by atoms with Crippen molar-refractivity contribution in [3.63, 3.8) is 0 Å². The van der Waals surface area contributed by atoms with Gasteiger partial charge in [-0.05, 0) is 36.4 Å². The molecule has 20 heavy (non-hydrogen) atoms. The minimum atomic E-state index is -0.0549. The van der Waals surface area contributed by atoms with E-state index in [1.165, 1.54) is 14.7 Å². The standard InChI is InChI=1S/C18H14BrS/c19-15-8-7-13-18(14-15)20(16-9-3-1-4-10-16)17-11-5-2-6-12-17/h1-14H/q+1. The summed E-state index contributed by atoms with van der Waals surface area (Å²) in [6.45, 7) is 0. The van der Waals surface area contributed by atoms with Gasteiger partial charge in [-0.15, -0.1) is 0 Å². The maximum Gasteiger partial charge on any atom is 0.167 e. The summed E-state index contributed by atoms with van der Waals surface area (Å²) in [5.41, 5.74) is 0. The largest absolute Gasteiger partial charge is 0.167 e. The van der Waals surface area contributed by atoms with Crippen LogP contribution >= 0.6 is 15.9 Å². The van der Waals surface area contributed by atoms with E-state index in [1.807, 2.05) is 0 Å². The van der Waals surface area contributed by atoms with E-state index < -0.39 is 0 Å². The summed E-state index contributed by atoms with van der Waals surface area (Å²) in [6, 6.07) is 30.0. The molecule has 0 spiro atoms. The molecule has 0 amide bonds. The third kappa shape index (κ3) is 2.97. The number of halogens is 1. The van der Waals surface area contributed by atoms with Gasteiger partial charge in [0.1, 0.15) is 0 Å². The van der Waals surface area contributed by atoms with Crippen molar-refractivity contribution in [1.29, 1.82) is 0 Å². The van der Waals surface area contributed by atoms with Gasteiger partial charge in [0.25, 0.3) is 0 Å². The molecule has 2 heteroatoms. The Morgan fingerprint density at radius 1 is 0.550 bits per heavy atom. The summed E-state index contributed by atoms with van der Waals surface area (Å²) in [6.07, 6.45) is 0. The van der Waals surface area contributed by atoms with Crippen LogP contribution in [0.1, 0.15) is 0 Å². The molecule has 0 aliphatic carbocycles. The minimum absolute atomic E-state index is 0.0549. The summed E-state index contributed by atoms with van der Waals surface area (Å²) in [5, 5.41) is 0. The Labute approximate surface area is 131 Å². The average molecular weight is 342 g/mol. The van der Waals surface area contributed by atoms with Crippen LogP contribution in [0.5, 0.6) is 0 Å². The maximum absolute atomic E-state index is 3.58. The van der Waals surface area contributed by atoms with Crippen LogP contribution in [0.25, 0.3) is 0 Å². The molecule has 0 fully saturated rings. The predicted molar refractivity (Wildman–Crippen MR) is 89.2 cm³/mol. The quantitative estimate of drug-likeness (QED) is 0.548. The van der Waals surface area contributed by atoms with Gasteiger partial charge in [0.05, 0.1) is 10.9 Å². The molecule has 0 saturated carbocycles. The van der Waals surface area contributed by atoms with Crippen molar-refractivity contribution < 1.29 is 0 Å². The van der Waals surface area contributed by atoms with Crippen LogP contribution in [0, 0.1) is 0 Å². The summed E-state index contributed by atoms with van der Waals surface area (Å²) < 4.78 is 1.12. The molecule has 0 aliphatic rings. The minimum Gasteiger partial charge on any atom is -0.0619 e. The van der Waals surface area contributed by atoms with Crippen molar-refractivity contribution in [2.75, 3.05) is 0 Å². The second-order valence-corrected chi connectivity index (χ2v) is 7.33. The molecular weight excluding hydrogens is 328 g/mol.